The van der Waals surface area contributed by atoms with Crippen LogP contribution in [0.2, 0.25) is 0 Å². The van der Waals surface area contributed by atoms with Crippen LogP contribution in [-0.2, 0) is 0 Å². The molecule has 3 nitrogen and oxygen atoms in total. The Kier molecular flexibility index (Phi) is 3.30. The molecule has 4 heteroatoms. The van der Waals surface area contributed by atoms with Crippen molar-refractivity contribution in [1.82, 2.24) is 0 Å². The number of hydrogen-bond acceptors (Lipinski definition) is 3. The van der Waals surface area contributed by atoms with E-state index in [1.165, 1.54) is 12.1 Å². The summed E-state index contributed by atoms with van der Waals surface area (Å²) in [5.41, 5.74) is 5.77. The van der Waals surface area contributed by atoms with Gasteiger partial charge in [-0.05, 0) is 25.0 Å². The Hall–Kier alpha value is -1.60. The standard InChI is InChI=1S/C13H15FN2O/c14-11-4-3-5-12(10(11)8-15)17-9-13(16)6-1-2-7-13/h3-5H,1-2,6-7,9,16H2. The van der Waals surface area contributed by atoms with Crippen LogP contribution in [-0.4, -0.2) is 12.1 Å². The summed E-state index contributed by atoms with van der Waals surface area (Å²) in [6.07, 6.45) is 4.05. The summed E-state index contributed by atoms with van der Waals surface area (Å²) < 4.78 is 18.8. The molecule has 0 saturated heterocycles. The molecule has 2 N–H and O–H groups in total. The first-order valence-corrected chi connectivity index (χ1v) is 5.75. The van der Waals surface area contributed by atoms with Crippen LogP contribution in [0.4, 0.5) is 4.39 Å². The number of nitrogens with two attached hydrogens (primary N) is 1. The Bertz CT molecular complexity index is 447. The van der Waals surface area contributed by atoms with E-state index < -0.39 is 5.82 Å². The van der Waals surface area contributed by atoms with Crippen LogP contribution >= 0.6 is 0 Å². The number of nitrogens with zero attached hydrogens (tertiary/aromatic N) is 1. The summed E-state index contributed by atoms with van der Waals surface area (Å²) in [4.78, 5) is 0. The van der Waals surface area contributed by atoms with Gasteiger partial charge >= 0.3 is 0 Å². The van der Waals surface area contributed by atoms with Crippen LogP contribution in [0.5, 0.6) is 5.75 Å². The van der Waals surface area contributed by atoms with Crippen LogP contribution in [0.3, 0.4) is 0 Å². The predicted molar refractivity (Wildman–Crippen MR) is 62.0 cm³/mol. The lowest BCUT2D eigenvalue weighted by atomic mass is 10.0. The van der Waals surface area contributed by atoms with Crippen molar-refractivity contribution < 1.29 is 9.13 Å². The fourth-order valence-corrected chi connectivity index (χ4v) is 2.18. The zero-order valence-electron chi connectivity index (χ0n) is 9.58. The first kappa shape index (κ1) is 11.9. The Morgan fingerprint density at radius 1 is 1.41 bits per heavy atom. The molecule has 1 aromatic rings. The predicted octanol–water partition coefficient (Wildman–Crippen LogP) is 2.35. The molecule has 2 rings (SSSR count). The van der Waals surface area contributed by atoms with Gasteiger partial charge in [0.05, 0.1) is 5.54 Å². The molecule has 17 heavy (non-hydrogen) atoms. The molecule has 90 valence electrons. The van der Waals surface area contributed by atoms with Crippen LogP contribution in [0.1, 0.15) is 31.2 Å². The maximum absolute atomic E-state index is 13.3. The number of rotatable bonds is 3. The molecule has 0 heterocycles. The van der Waals surface area contributed by atoms with Crippen molar-refractivity contribution in [2.45, 2.75) is 31.2 Å². The minimum absolute atomic E-state index is 0.0471. The first-order chi connectivity index (χ1) is 8.14. The van der Waals surface area contributed by atoms with Gasteiger partial charge in [0.1, 0.15) is 29.8 Å². The molecular weight excluding hydrogens is 219 g/mol. The molecule has 1 aromatic carbocycles. The monoisotopic (exact) mass is 234 g/mol. The minimum Gasteiger partial charge on any atom is -0.490 e. The highest BCUT2D eigenvalue weighted by atomic mass is 19.1. The molecule has 0 aliphatic heterocycles. The summed E-state index contributed by atoms with van der Waals surface area (Å²) in [7, 11) is 0. The van der Waals surface area contributed by atoms with Crippen molar-refractivity contribution in [3.8, 4) is 11.8 Å². The maximum Gasteiger partial charge on any atom is 0.144 e. The van der Waals surface area contributed by atoms with Crippen molar-refractivity contribution in [3.05, 3.63) is 29.6 Å². The molecule has 1 fully saturated rings. The average Bonchev–Trinajstić information content (AvgIpc) is 2.74. The van der Waals surface area contributed by atoms with Gasteiger partial charge in [0.2, 0.25) is 0 Å². The minimum atomic E-state index is -0.553. The molecule has 0 atom stereocenters. The van der Waals surface area contributed by atoms with Gasteiger partial charge < -0.3 is 10.5 Å². The van der Waals surface area contributed by atoms with E-state index in [4.69, 9.17) is 15.7 Å². The summed E-state index contributed by atoms with van der Waals surface area (Å²) in [6, 6.07) is 6.19. The third-order valence-corrected chi connectivity index (χ3v) is 3.20. The number of halogens is 1. The fourth-order valence-electron chi connectivity index (χ4n) is 2.18. The Morgan fingerprint density at radius 3 is 2.76 bits per heavy atom. The third kappa shape index (κ3) is 2.56. The molecule has 1 saturated carbocycles. The highest BCUT2D eigenvalue weighted by Crippen LogP contribution is 2.29. The van der Waals surface area contributed by atoms with Crippen molar-refractivity contribution in [1.29, 1.82) is 5.26 Å². The molecule has 0 aromatic heterocycles. The Labute approximate surface area is 100.0 Å². The van der Waals surface area contributed by atoms with E-state index >= 15 is 0 Å². The second-order valence-electron chi connectivity index (χ2n) is 4.58. The zero-order chi connectivity index (χ0) is 12.3. The third-order valence-electron chi connectivity index (χ3n) is 3.20. The van der Waals surface area contributed by atoms with E-state index in [1.54, 1.807) is 6.07 Å². The summed E-state index contributed by atoms with van der Waals surface area (Å²) in [6.45, 7) is 0.338. The SMILES string of the molecule is N#Cc1c(F)cccc1OCC1(N)CCCC1. The largest absolute Gasteiger partial charge is 0.490 e. The number of hydrogen-bond donors (Lipinski definition) is 1. The van der Waals surface area contributed by atoms with Gasteiger partial charge in [-0.3, -0.25) is 0 Å². The average molecular weight is 234 g/mol. The molecule has 0 bridgehead atoms. The van der Waals surface area contributed by atoms with E-state index in [2.05, 4.69) is 0 Å². The van der Waals surface area contributed by atoms with Crippen molar-refractivity contribution in [2.75, 3.05) is 6.61 Å². The summed E-state index contributed by atoms with van der Waals surface area (Å²) in [5.74, 6) is -0.272. The quantitative estimate of drug-likeness (QED) is 0.873. The fraction of sp³-hybridized carbons (Fsp3) is 0.462. The summed E-state index contributed by atoms with van der Waals surface area (Å²) in [5, 5.41) is 8.85. The van der Waals surface area contributed by atoms with Crippen molar-refractivity contribution in [2.24, 2.45) is 5.73 Å². The second kappa shape index (κ2) is 4.72. The van der Waals surface area contributed by atoms with Gasteiger partial charge in [0.25, 0.3) is 0 Å². The van der Waals surface area contributed by atoms with E-state index in [0.717, 1.165) is 25.7 Å². The van der Waals surface area contributed by atoms with Crippen LogP contribution in [0.25, 0.3) is 0 Å². The van der Waals surface area contributed by atoms with Crippen LogP contribution < -0.4 is 10.5 Å². The molecular formula is C13H15FN2O. The second-order valence-corrected chi connectivity index (χ2v) is 4.58. The van der Waals surface area contributed by atoms with E-state index in [-0.39, 0.29) is 16.9 Å². The number of ether oxygens (including phenoxy) is 1. The summed E-state index contributed by atoms with van der Waals surface area (Å²) >= 11 is 0. The number of benzene rings is 1. The Morgan fingerprint density at radius 2 is 2.12 bits per heavy atom. The van der Waals surface area contributed by atoms with Gasteiger partial charge in [-0.25, -0.2) is 4.39 Å². The topological polar surface area (TPSA) is 59.0 Å². The first-order valence-electron chi connectivity index (χ1n) is 5.75. The van der Waals surface area contributed by atoms with Gasteiger partial charge in [-0.1, -0.05) is 18.9 Å². The highest BCUT2D eigenvalue weighted by Gasteiger charge is 2.30. The van der Waals surface area contributed by atoms with E-state index in [9.17, 15) is 4.39 Å². The number of nitriles is 1. The zero-order valence-corrected chi connectivity index (χ0v) is 9.58. The van der Waals surface area contributed by atoms with Crippen LogP contribution in [0.15, 0.2) is 18.2 Å². The Balaban J connectivity index is 2.09. The maximum atomic E-state index is 13.3. The van der Waals surface area contributed by atoms with E-state index in [1.807, 2.05) is 6.07 Å². The van der Waals surface area contributed by atoms with E-state index in [0.29, 0.717) is 6.61 Å². The lowest BCUT2D eigenvalue weighted by molar-refractivity contribution is 0.219. The molecule has 0 unspecified atom stereocenters. The molecule has 0 amide bonds. The highest BCUT2D eigenvalue weighted by molar-refractivity contribution is 5.43. The van der Waals surface area contributed by atoms with Gasteiger partial charge in [-0.2, -0.15) is 5.26 Å². The smallest absolute Gasteiger partial charge is 0.144 e. The van der Waals surface area contributed by atoms with Crippen molar-refractivity contribution in [3.63, 3.8) is 0 Å². The lowest BCUT2D eigenvalue weighted by Gasteiger charge is -2.23. The normalized spacial score (nSPS) is 17.7. The molecule has 0 radical (unpaired) electrons. The molecule has 1 aliphatic carbocycles. The molecule has 1 aliphatic rings. The van der Waals surface area contributed by atoms with Gasteiger partial charge in [0, 0.05) is 0 Å². The lowest BCUT2D eigenvalue weighted by Crippen LogP contribution is -2.42. The van der Waals surface area contributed by atoms with Gasteiger partial charge in [0.15, 0.2) is 0 Å². The van der Waals surface area contributed by atoms with Crippen molar-refractivity contribution >= 4 is 0 Å². The molecule has 0 spiro atoms. The van der Waals surface area contributed by atoms with Gasteiger partial charge in [-0.15, -0.1) is 0 Å². The van der Waals surface area contributed by atoms with Crippen LogP contribution in [0, 0.1) is 17.1 Å².